The topological polar surface area (TPSA) is 20.2 Å². The van der Waals surface area contributed by atoms with Gasteiger partial charge in [0.25, 0.3) is 0 Å². The Morgan fingerprint density at radius 3 is 1.64 bits per heavy atom. The number of aliphatic hydroxyl groups is 1. The minimum atomic E-state index is -1.26. The maximum Gasteiger partial charge on any atom is 0.142 e. The van der Waals surface area contributed by atoms with E-state index in [1.807, 2.05) is 66.7 Å². The highest BCUT2D eigenvalue weighted by Crippen LogP contribution is 2.53. The second-order valence-electron chi connectivity index (χ2n) is 8.41. The normalized spacial score (nSPS) is 16.3. The van der Waals surface area contributed by atoms with Crippen molar-refractivity contribution in [3.05, 3.63) is 142 Å². The van der Waals surface area contributed by atoms with E-state index in [-0.39, 0.29) is 0 Å². The lowest BCUT2D eigenvalue weighted by molar-refractivity contribution is 0.131. The molecule has 1 aliphatic rings. The molecule has 158 valence electrons. The zero-order chi connectivity index (χ0) is 22.4. The van der Waals surface area contributed by atoms with E-state index in [1.54, 1.807) is 0 Å². The molecule has 0 aromatic heterocycles. The fraction of sp³-hybridized carbons (Fsp3) is 0.0323. The highest BCUT2D eigenvalue weighted by molar-refractivity contribution is 9.10. The quantitative estimate of drug-likeness (QED) is 0.272. The predicted molar refractivity (Wildman–Crippen MR) is 139 cm³/mol. The van der Waals surface area contributed by atoms with E-state index in [0.717, 1.165) is 54.5 Å². The first-order chi connectivity index (χ1) is 16.2. The Morgan fingerprint density at radius 1 is 0.455 bits per heavy atom. The van der Waals surface area contributed by atoms with Gasteiger partial charge in [0.15, 0.2) is 0 Å². The molecular weight excluding hydrogens is 468 g/mol. The van der Waals surface area contributed by atoms with Crippen molar-refractivity contribution < 1.29 is 5.11 Å². The van der Waals surface area contributed by atoms with Gasteiger partial charge in [0.05, 0.1) is 0 Å². The molecule has 0 saturated heterocycles. The Morgan fingerprint density at radius 2 is 0.970 bits per heavy atom. The summed E-state index contributed by atoms with van der Waals surface area (Å²) in [4.78, 5) is 0. The van der Waals surface area contributed by atoms with E-state index in [0.29, 0.717) is 0 Å². The van der Waals surface area contributed by atoms with E-state index in [9.17, 15) is 5.11 Å². The van der Waals surface area contributed by atoms with Gasteiger partial charge in [-0.25, -0.2) is 0 Å². The van der Waals surface area contributed by atoms with Gasteiger partial charge in [0, 0.05) is 21.2 Å². The van der Waals surface area contributed by atoms with Crippen LogP contribution in [0.3, 0.4) is 0 Å². The van der Waals surface area contributed by atoms with Gasteiger partial charge in [-0.3, -0.25) is 0 Å². The Bertz CT molecular complexity index is 1490. The molecule has 0 spiro atoms. The molecule has 2 heteroatoms. The summed E-state index contributed by atoms with van der Waals surface area (Å²) in [6, 6.07) is 41.4. The summed E-state index contributed by atoms with van der Waals surface area (Å²) in [7, 11) is 0. The van der Waals surface area contributed by atoms with Crippen molar-refractivity contribution in [2.75, 3.05) is 0 Å². The van der Waals surface area contributed by atoms with Gasteiger partial charge in [-0.1, -0.05) is 125 Å². The van der Waals surface area contributed by atoms with Crippen LogP contribution < -0.4 is 0 Å². The molecule has 0 amide bonds. The highest BCUT2D eigenvalue weighted by atomic mass is 79.9. The Hall–Kier alpha value is -3.46. The van der Waals surface area contributed by atoms with Gasteiger partial charge in [0.2, 0.25) is 0 Å². The van der Waals surface area contributed by atoms with Crippen LogP contribution in [0.25, 0.3) is 33.4 Å². The molecule has 1 N–H and O–H groups in total. The van der Waals surface area contributed by atoms with Crippen LogP contribution in [-0.4, -0.2) is 5.11 Å². The molecule has 1 atom stereocenters. The molecular formula is C31H21BrO. The van der Waals surface area contributed by atoms with Crippen LogP contribution in [0.2, 0.25) is 0 Å². The summed E-state index contributed by atoms with van der Waals surface area (Å²) in [5, 5.41) is 12.7. The molecule has 0 aliphatic heterocycles. The van der Waals surface area contributed by atoms with Crippen molar-refractivity contribution in [3.63, 3.8) is 0 Å². The molecule has 5 aromatic rings. The summed E-state index contributed by atoms with van der Waals surface area (Å²) in [5.41, 5.74) is 7.93. The largest absolute Gasteiger partial charge is 0.376 e. The standard InChI is InChI=1S/C31H21BrO/c32-30-17-9-6-14-26(30)24-13-5-8-16-28(24)31(33)27-15-7-4-12-23(27)25-19-18-22(20-29(25)31)21-10-2-1-3-11-21/h1-20,33H. The van der Waals surface area contributed by atoms with Gasteiger partial charge in [-0.2, -0.15) is 0 Å². The van der Waals surface area contributed by atoms with Gasteiger partial charge in [-0.05, 0) is 45.5 Å². The smallest absolute Gasteiger partial charge is 0.142 e. The molecule has 33 heavy (non-hydrogen) atoms. The van der Waals surface area contributed by atoms with E-state index in [2.05, 4.69) is 70.5 Å². The van der Waals surface area contributed by atoms with Crippen molar-refractivity contribution in [1.29, 1.82) is 0 Å². The first-order valence-electron chi connectivity index (χ1n) is 11.0. The molecule has 0 radical (unpaired) electrons. The van der Waals surface area contributed by atoms with Gasteiger partial charge in [0.1, 0.15) is 5.60 Å². The van der Waals surface area contributed by atoms with E-state index in [4.69, 9.17) is 0 Å². The van der Waals surface area contributed by atoms with Crippen LogP contribution in [0.15, 0.2) is 126 Å². The average molecular weight is 489 g/mol. The number of hydrogen-bond acceptors (Lipinski definition) is 1. The second kappa shape index (κ2) is 7.84. The molecule has 5 aromatic carbocycles. The summed E-state index contributed by atoms with van der Waals surface area (Å²) >= 11 is 3.72. The molecule has 0 bridgehead atoms. The zero-order valence-corrected chi connectivity index (χ0v) is 19.5. The van der Waals surface area contributed by atoms with Gasteiger partial charge < -0.3 is 5.11 Å². The molecule has 0 fully saturated rings. The number of rotatable bonds is 3. The summed E-state index contributed by atoms with van der Waals surface area (Å²) < 4.78 is 1.01. The first kappa shape index (κ1) is 20.2. The molecule has 6 rings (SSSR count). The van der Waals surface area contributed by atoms with Crippen LogP contribution in [0, 0.1) is 0 Å². The van der Waals surface area contributed by atoms with Crippen LogP contribution in [0.5, 0.6) is 0 Å². The number of benzene rings is 5. The first-order valence-corrected chi connectivity index (χ1v) is 11.8. The fourth-order valence-electron chi connectivity index (χ4n) is 5.07. The SMILES string of the molecule is OC1(c2ccccc2-c2ccccc2Br)c2ccccc2-c2ccc(-c3ccccc3)cc21. The predicted octanol–water partition coefficient (Wildman–Crippen LogP) is 8.05. The number of hydrogen-bond donors (Lipinski definition) is 1. The maximum absolute atomic E-state index is 12.7. The monoisotopic (exact) mass is 488 g/mol. The second-order valence-corrected chi connectivity index (χ2v) is 9.26. The minimum Gasteiger partial charge on any atom is -0.376 e. The van der Waals surface area contributed by atoms with Crippen molar-refractivity contribution in [2.45, 2.75) is 5.60 Å². The van der Waals surface area contributed by atoms with Crippen LogP contribution in [-0.2, 0) is 5.60 Å². The third kappa shape index (κ3) is 3.10. The summed E-state index contributed by atoms with van der Waals surface area (Å²) in [6.45, 7) is 0. The molecule has 1 aliphatic carbocycles. The van der Waals surface area contributed by atoms with E-state index < -0.39 is 5.60 Å². The molecule has 0 heterocycles. The lowest BCUT2D eigenvalue weighted by Gasteiger charge is -2.29. The number of fused-ring (bicyclic) bond motifs is 3. The number of halogens is 1. The van der Waals surface area contributed by atoms with Crippen molar-refractivity contribution >= 4 is 15.9 Å². The fourth-order valence-corrected chi connectivity index (χ4v) is 5.57. The van der Waals surface area contributed by atoms with Crippen molar-refractivity contribution in [1.82, 2.24) is 0 Å². The van der Waals surface area contributed by atoms with Crippen molar-refractivity contribution in [3.8, 4) is 33.4 Å². The van der Waals surface area contributed by atoms with E-state index >= 15 is 0 Å². The van der Waals surface area contributed by atoms with Gasteiger partial charge in [-0.15, -0.1) is 0 Å². The minimum absolute atomic E-state index is 0.883. The Labute approximate surface area is 202 Å². The van der Waals surface area contributed by atoms with Crippen LogP contribution in [0.1, 0.15) is 16.7 Å². The maximum atomic E-state index is 12.7. The third-order valence-electron chi connectivity index (χ3n) is 6.60. The molecule has 1 unspecified atom stereocenters. The zero-order valence-electron chi connectivity index (χ0n) is 17.9. The third-order valence-corrected chi connectivity index (χ3v) is 7.30. The Balaban J connectivity index is 1.65. The average Bonchev–Trinajstić information content (AvgIpc) is 3.14. The van der Waals surface area contributed by atoms with Crippen LogP contribution >= 0.6 is 15.9 Å². The summed E-state index contributed by atoms with van der Waals surface area (Å²) in [5.74, 6) is 0. The lowest BCUT2D eigenvalue weighted by Crippen LogP contribution is -2.27. The molecule has 0 saturated carbocycles. The van der Waals surface area contributed by atoms with Crippen molar-refractivity contribution in [2.24, 2.45) is 0 Å². The Kier molecular flexibility index (Phi) is 4.79. The summed E-state index contributed by atoms with van der Waals surface area (Å²) in [6.07, 6.45) is 0. The molecule has 1 nitrogen and oxygen atoms in total. The lowest BCUT2D eigenvalue weighted by atomic mass is 9.79. The van der Waals surface area contributed by atoms with Gasteiger partial charge >= 0.3 is 0 Å². The van der Waals surface area contributed by atoms with E-state index in [1.165, 1.54) is 0 Å². The highest BCUT2D eigenvalue weighted by Gasteiger charge is 2.44. The van der Waals surface area contributed by atoms with Crippen LogP contribution in [0.4, 0.5) is 0 Å².